The molecule has 0 spiro atoms. The van der Waals surface area contributed by atoms with Gasteiger partial charge in [-0.2, -0.15) is 0 Å². The third kappa shape index (κ3) is 1.44. The Morgan fingerprint density at radius 1 is 0.833 bits per heavy atom. The van der Waals surface area contributed by atoms with E-state index in [1.807, 2.05) is 0 Å². The Balaban J connectivity index is 1.66. The van der Waals surface area contributed by atoms with Gasteiger partial charge in [-0.1, -0.05) is 41.1 Å². The monoisotopic (exact) mass is 314 g/mol. The molecule has 0 N–H and O–H groups in total. The van der Waals surface area contributed by atoms with E-state index >= 15 is 0 Å². The van der Waals surface area contributed by atoms with Crippen molar-refractivity contribution in [3.8, 4) is 11.1 Å². The first kappa shape index (κ1) is 12.9. The van der Waals surface area contributed by atoms with Crippen LogP contribution in [0.2, 0.25) is 0 Å². The molecule has 4 aliphatic rings. The van der Waals surface area contributed by atoms with Crippen LogP contribution in [0.4, 0.5) is 0 Å². The maximum Gasteiger partial charge on any atom is 0.247 e. The summed E-state index contributed by atoms with van der Waals surface area (Å²) in [4.78, 5) is 0. The fraction of sp³-hybridized carbons (Fsp3) is 0.333. The van der Waals surface area contributed by atoms with Gasteiger partial charge in [-0.25, -0.2) is 0 Å². The van der Waals surface area contributed by atoms with Crippen molar-refractivity contribution in [1.29, 1.82) is 0 Å². The summed E-state index contributed by atoms with van der Waals surface area (Å²) in [6.45, 7) is 0. The van der Waals surface area contributed by atoms with Crippen molar-refractivity contribution in [2.45, 2.75) is 25.3 Å². The van der Waals surface area contributed by atoms with Gasteiger partial charge in [0, 0.05) is 11.8 Å². The summed E-state index contributed by atoms with van der Waals surface area (Å²) in [5.74, 6) is 1.44. The highest BCUT2D eigenvalue weighted by molar-refractivity contribution is 6.22. The van der Waals surface area contributed by atoms with Crippen molar-refractivity contribution in [2.24, 2.45) is 22.9 Å². The third-order valence-corrected chi connectivity index (χ3v) is 6.53. The van der Waals surface area contributed by atoms with Crippen LogP contribution >= 0.6 is 0 Å². The van der Waals surface area contributed by atoms with Gasteiger partial charge < -0.3 is 5.11 Å². The molecule has 1 heterocycles. The van der Waals surface area contributed by atoms with Gasteiger partial charge in [0.2, 0.25) is 5.71 Å². The van der Waals surface area contributed by atoms with Gasteiger partial charge in [0.05, 0.1) is 17.0 Å². The first-order valence-corrected chi connectivity index (χ1v) is 8.94. The van der Waals surface area contributed by atoms with E-state index in [1.54, 1.807) is 0 Å². The SMILES string of the molecule is [O-]C1=N[N+](=C2c3ccccc3-c3ccccc32)C2C1[C@@H]1CC[C@H]2C1. The van der Waals surface area contributed by atoms with Gasteiger partial charge in [-0.05, 0) is 53.5 Å². The Hall–Kier alpha value is -2.42. The second kappa shape index (κ2) is 4.35. The van der Waals surface area contributed by atoms with Crippen molar-refractivity contribution in [3.63, 3.8) is 0 Å². The first-order valence-electron chi connectivity index (χ1n) is 8.94. The minimum absolute atomic E-state index is 0.113. The van der Waals surface area contributed by atoms with Crippen LogP contribution in [0.25, 0.3) is 11.1 Å². The fourth-order valence-electron chi connectivity index (χ4n) is 5.64. The Bertz CT molecular complexity index is 895. The lowest BCUT2D eigenvalue weighted by molar-refractivity contribution is -0.572. The Morgan fingerprint density at radius 3 is 2.08 bits per heavy atom. The highest BCUT2D eigenvalue weighted by Crippen LogP contribution is 2.52. The molecule has 6 rings (SSSR count). The van der Waals surface area contributed by atoms with Crippen LogP contribution in [0.1, 0.15) is 30.4 Å². The predicted molar refractivity (Wildman–Crippen MR) is 90.9 cm³/mol. The number of hydrazone groups is 1. The molecule has 0 aromatic heterocycles. The highest BCUT2D eigenvalue weighted by atomic mass is 16.3. The summed E-state index contributed by atoms with van der Waals surface area (Å²) in [7, 11) is 0. The molecule has 2 bridgehead atoms. The summed E-state index contributed by atoms with van der Waals surface area (Å²) in [6.07, 6.45) is 3.68. The van der Waals surface area contributed by atoms with E-state index in [0.717, 1.165) is 5.71 Å². The van der Waals surface area contributed by atoms with Gasteiger partial charge in [-0.3, -0.25) is 0 Å². The summed E-state index contributed by atoms with van der Waals surface area (Å²) >= 11 is 0. The van der Waals surface area contributed by atoms with E-state index in [1.165, 1.54) is 41.5 Å². The van der Waals surface area contributed by atoms with E-state index < -0.39 is 0 Å². The smallest absolute Gasteiger partial charge is 0.247 e. The van der Waals surface area contributed by atoms with E-state index in [-0.39, 0.29) is 17.9 Å². The normalized spacial score (nSPS) is 31.9. The lowest BCUT2D eigenvalue weighted by Crippen LogP contribution is -2.39. The Morgan fingerprint density at radius 2 is 1.42 bits per heavy atom. The molecule has 0 radical (unpaired) electrons. The van der Waals surface area contributed by atoms with Gasteiger partial charge in [0.1, 0.15) is 0 Å². The standard InChI is InChI=1S/C21H18N2O/c24-21-18-12-9-10-13(11-12)19(18)23(22-21)20-16-7-3-1-5-14(16)15-6-2-4-8-17(15)20/h1-8,12-13,18-19H,9-11H2/t12-,13+,18?,19?/m1/s1. The van der Waals surface area contributed by atoms with Crippen LogP contribution in [-0.4, -0.2) is 22.3 Å². The number of nitrogens with zero attached hydrogens (tertiary/aromatic N) is 2. The topological polar surface area (TPSA) is 38.4 Å². The second-order valence-corrected chi connectivity index (χ2v) is 7.57. The molecule has 3 nitrogen and oxygen atoms in total. The van der Waals surface area contributed by atoms with Gasteiger partial charge in [0.15, 0.2) is 6.04 Å². The van der Waals surface area contributed by atoms with Crippen molar-refractivity contribution < 1.29 is 9.79 Å². The van der Waals surface area contributed by atoms with E-state index in [0.29, 0.717) is 11.8 Å². The van der Waals surface area contributed by atoms with Crippen LogP contribution < -0.4 is 5.11 Å². The van der Waals surface area contributed by atoms with Gasteiger partial charge in [0.25, 0.3) is 0 Å². The molecular formula is C21H18N2O. The van der Waals surface area contributed by atoms with Crippen molar-refractivity contribution >= 4 is 11.6 Å². The molecule has 3 aliphatic carbocycles. The second-order valence-electron chi connectivity index (χ2n) is 7.57. The summed E-state index contributed by atoms with van der Waals surface area (Å²) in [5, 5.41) is 17.2. The molecule has 4 atom stereocenters. The number of hydrogen-bond donors (Lipinski definition) is 0. The number of rotatable bonds is 0. The highest BCUT2D eigenvalue weighted by Gasteiger charge is 2.58. The van der Waals surface area contributed by atoms with Crippen molar-refractivity contribution in [2.75, 3.05) is 0 Å². The zero-order valence-electron chi connectivity index (χ0n) is 13.4. The third-order valence-electron chi connectivity index (χ3n) is 6.53. The first-order chi connectivity index (χ1) is 11.8. The molecule has 24 heavy (non-hydrogen) atoms. The minimum Gasteiger partial charge on any atom is -0.857 e. The Labute approximate surface area is 141 Å². The largest absolute Gasteiger partial charge is 0.857 e. The van der Waals surface area contributed by atoms with E-state index in [9.17, 15) is 5.11 Å². The summed E-state index contributed by atoms with van der Waals surface area (Å²) < 4.78 is 2.11. The molecule has 0 amide bonds. The fourth-order valence-corrected chi connectivity index (χ4v) is 5.64. The van der Waals surface area contributed by atoms with Crippen LogP contribution in [0, 0.1) is 17.8 Å². The molecule has 3 heteroatoms. The molecule has 118 valence electrons. The van der Waals surface area contributed by atoms with Crippen LogP contribution in [0.15, 0.2) is 53.6 Å². The number of fused-ring (bicyclic) bond motifs is 8. The average Bonchev–Trinajstić information content (AvgIpc) is 3.35. The predicted octanol–water partition coefficient (Wildman–Crippen LogP) is 2.62. The molecule has 2 unspecified atom stereocenters. The number of benzene rings is 2. The van der Waals surface area contributed by atoms with Gasteiger partial charge >= 0.3 is 0 Å². The Kier molecular flexibility index (Phi) is 2.35. The lowest BCUT2D eigenvalue weighted by atomic mass is 9.85. The molecule has 1 aliphatic heterocycles. The summed E-state index contributed by atoms with van der Waals surface area (Å²) in [5.41, 5.74) is 6.11. The number of hydrogen-bond acceptors (Lipinski definition) is 2. The van der Waals surface area contributed by atoms with Gasteiger partial charge in [-0.15, -0.1) is 0 Å². The van der Waals surface area contributed by atoms with Crippen molar-refractivity contribution in [3.05, 3.63) is 59.7 Å². The summed E-state index contributed by atoms with van der Waals surface area (Å²) in [6, 6.07) is 17.3. The van der Waals surface area contributed by atoms with Crippen LogP contribution in [-0.2, 0) is 0 Å². The molecular weight excluding hydrogens is 296 g/mol. The minimum atomic E-state index is 0.113. The van der Waals surface area contributed by atoms with E-state index in [4.69, 9.17) is 0 Å². The van der Waals surface area contributed by atoms with E-state index in [2.05, 4.69) is 58.3 Å². The van der Waals surface area contributed by atoms with Crippen LogP contribution in [0.3, 0.4) is 0 Å². The molecule has 2 aromatic carbocycles. The van der Waals surface area contributed by atoms with Crippen LogP contribution in [0.5, 0.6) is 0 Å². The quantitative estimate of drug-likeness (QED) is 0.588. The van der Waals surface area contributed by atoms with Crippen molar-refractivity contribution in [1.82, 2.24) is 0 Å². The molecule has 2 saturated carbocycles. The zero-order valence-corrected chi connectivity index (χ0v) is 13.4. The molecule has 2 fully saturated rings. The zero-order chi connectivity index (χ0) is 15.8. The maximum absolute atomic E-state index is 12.6. The maximum atomic E-state index is 12.6. The lowest BCUT2D eigenvalue weighted by Gasteiger charge is -2.22. The average molecular weight is 314 g/mol. The molecule has 0 saturated heterocycles. The molecule has 2 aromatic rings.